The van der Waals surface area contributed by atoms with Crippen LogP contribution in [-0.2, 0) is 6.42 Å². The van der Waals surface area contributed by atoms with Crippen molar-refractivity contribution in [3.63, 3.8) is 0 Å². The number of aryl methyl sites for hydroxylation is 2. The predicted molar refractivity (Wildman–Crippen MR) is 169 cm³/mol. The van der Waals surface area contributed by atoms with Crippen molar-refractivity contribution >= 4 is 28.2 Å². The number of ether oxygens (including phenoxy) is 1. The van der Waals surface area contributed by atoms with E-state index in [-0.39, 0.29) is 5.75 Å². The van der Waals surface area contributed by atoms with E-state index in [1.54, 1.807) is 18.0 Å². The molecule has 2 N–H and O–H groups in total. The Morgan fingerprint density at radius 1 is 1.14 bits per heavy atom. The average Bonchev–Trinajstić information content (AvgIpc) is 3.67. The van der Waals surface area contributed by atoms with Gasteiger partial charge in [0.2, 0.25) is 6.35 Å². The molecule has 3 aromatic carbocycles. The molecule has 1 aliphatic rings. The van der Waals surface area contributed by atoms with E-state index in [0.717, 1.165) is 52.7 Å². The first kappa shape index (κ1) is 31.1. The molecule has 8 nitrogen and oxygen atoms in total. The Morgan fingerprint density at radius 3 is 2.59 bits per heavy atom. The van der Waals surface area contributed by atoms with Crippen LogP contribution in [0.4, 0.5) is 18.9 Å². The molecular weight excluding hydrogens is 589 g/mol. The van der Waals surface area contributed by atoms with Crippen LogP contribution in [0.2, 0.25) is 0 Å². The van der Waals surface area contributed by atoms with Gasteiger partial charge in [0.15, 0.2) is 11.0 Å². The lowest BCUT2D eigenvalue weighted by Gasteiger charge is -2.23. The van der Waals surface area contributed by atoms with Crippen molar-refractivity contribution in [1.29, 1.82) is 0 Å². The molecule has 0 saturated carbocycles. The van der Waals surface area contributed by atoms with Crippen LogP contribution < -0.4 is 15.0 Å². The molecule has 4 aromatic rings. The number of aliphatic hydroxyl groups excluding tert-OH is 1. The standard InChI is InChI=1S/C32H33F3N6O2S/c1-4-5-24-7-6-21(2)18-28(24)40-16-17-44-31(40)38-30(42)36-19-22(3)23-8-10-25(11-9-23)29-37-20-41(39-29)26-12-14-27(15-13-26)43-32(33,34)35/h6-15,18-20,30,36,42H,4-5,16-17H2,1-3H3/b22-19+,38-31-. The summed E-state index contributed by atoms with van der Waals surface area (Å²) in [6.07, 6.45) is -0.574. The van der Waals surface area contributed by atoms with Gasteiger partial charge in [0.05, 0.1) is 5.69 Å². The fourth-order valence-corrected chi connectivity index (χ4v) is 5.74. The summed E-state index contributed by atoms with van der Waals surface area (Å²) in [5.74, 6) is 1.06. The third-order valence-corrected chi connectivity index (χ3v) is 7.91. The summed E-state index contributed by atoms with van der Waals surface area (Å²) in [5.41, 5.74) is 6.77. The molecule has 230 valence electrons. The van der Waals surface area contributed by atoms with Gasteiger partial charge in [-0.05, 0) is 72.9 Å². The van der Waals surface area contributed by atoms with E-state index in [9.17, 15) is 18.3 Å². The topological polar surface area (TPSA) is 87.8 Å². The van der Waals surface area contributed by atoms with Crippen LogP contribution in [-0.4, -0.2) is 50.1 Å². The van der Waals surface area contributed by atoms with Crippen LogP contribution in [0, 0.1) is 6.92 Å². The minimum absolute atomic E-state index is 0.308. The van der Waals surface area contributed by atoms with E-state index >= 15 is 0 Å². The molecule has 12 heteroatoms. The molecule has 1 fully saturated rings. The molecule has 1 saturated heterocycles. The number of halogens is 3. The van der Waals surface area contributed by atoms with Gasteiger partial charge in [-0.15, -0.1) is 18.3 Å². The normalized spacial score (nSPS) is 15.6. The smallest absolute Gasteiger partial charge is 0.406 e. The lowest BCUT2D eigenvalue weighted by molar-refractivity contribution is -0.274. The summed E-state index contributed by atoms with van der Waals surface area (Å²) >= 11 is 1.63. The zero-order valence-corrected chi connectivity index (χ0v) is 25.4. The van der Waals surface area contributed by atoms with Crippen molar-refractivity contribution in [1.82, 2.24) is 20.1 Å². The van der Waals surface area contributed by atoms with Crippen LogP contribution in [0.1, 0.15) is 37.0 Å². The minimum atomic E-state index is -4.75. The van der Waals surface area contributed by atoms with E-state index in [4.69, 9.17) is 0 Å². The van der Waals surface area contributed by atoms with Gasteiger partial charge in [0, 0.05) is 29.7 Å². The van der Waals surface area contributed by atoms with Gasteiger partial charge in [-0.1, -0.05) is 61.5 Å². The van der Waals surface area contributed by atoms with Gasteiger partial charge >= 0.3 is 6.36 Å². The number of aliphatic hydroxyl groups is 1. The number of hydrogen-bond donors (Lipinski definition) is 2. The first-order valence-electron chi connectivity index (χ1n) is 14.2. The van der Waals surface area contributed by atoms with Crippen molar-refractivity contribution in [2.24, 2.45) is 4.99 Å². The Bertz CT molecular complexity index is 1640. The second kappa shape index (κ2) is 13.6. The Morgan fingerprint density at radius 2 is 1.89 bits per heavy atom. The summed E-state index contributed by atoms with van der Waals surface area (Å²) < 4.78 is 42.7. The highest BCUT2D eigenvalue weighted by Gasteiger charge is 2.31. The molecule has 1 atom stereocenters. The monoisotopic (exact) mass is 622 g/mol. The third kappa shape index (κ3) is 7.80. The quantitative estimate of drug-likeness (QED) is 0.186. The van der Waals surface area contributed by atoms with Crippen molar-refractivity contribution in [2.45, 2.75) is 46.3 Å². The number of nitrogens with one attached hydrogen (secondary N) is 1. The van der Waals surface area contributed by atoms with E-state index in [1.165, 1.54) is 46.4 Å². The van der Waals surface area contributed by atoms with Gasteiger partial charge in [-0.2, -0.15) is 0 Å². The molecule has 2 heterocycles. The number of anilines is 1. The van der Waals surface area contributed by atoms with E-state index in [0.29, 0.717) is 11.5 Å². The number of allylic oxidation sites excluding steroid dienone is 1. The first-order chi connectivity index (χ1) is 21.1. The number of benzene rings is 3. The molecule has 1 aromatic heterocycles. The number of aromatic nitrogens is 3. The largest absolute Gasteiger partial charge is 0.573 e. The molecule has 1 unspecified atom stereocenters. The average molecular weight is 623 g/mol. The lowest BCUT2D eigenvalue weighted by Crippen LogP contribution is -2.29. The van der Waals surface area contributed by atoms with Crippen LogP contribution in [0.15, 0.2) is 84.2 Å². The van der Waals surface area contributed by atoms with Crippen LogP contribution in [0.3, 0.4) is 0 Å². The Labute approximate surface area is 258 Å². The number of alkyl halides is 3. The van der Waals surface area contributed by atoms with Gasteiger partial charge in [-0.3, -0.25) is 0 Å². The van der Waals surface area contributed by atoms with Crippen LogP contribution in [0.5, 0.6) is 5.75 Å². The van der Waals surface area contributed by atoms with Crippen molar-refractivity contribution in [3.05, 3.63) is 95.9 Å². The van der Waals surface area contributed by atoms with Gasteiger partial charge in [0.1, 0.15) is 12.1 Å². The van der Waals surface area contributed by atoms with Crippen LogP contribution >= 0.6 is 11.8 Å². The van der Waals surface area contributed by atoms with E-state index in [1.807, 2.05) is 31.2 Å². The molecular formula is C32H33F3N6O2S. The number of amidine groups is 1. The molecule has 0 aliphatic carbocycles. The van der Waals surface area contributed by atoms with Gasteiger partial charge in [0.25, 0.3) is 0 Å². The fraction of sp³-hybridized carbons (Fsp3) is 0.281. The summed E-state index contributed by atoms with van der Waals surface area (Å²) in [7, 11) is 0. The zero-order valence-electron chi connectivity index (χ0n) is 24.5. The van der Waals surface area contributed by atoms with Crippen molar-refractivity contribution in [3.8, 4) is 22.8 Å². The van der Waals surface area contributed by atoms with E-state index in [2.05, 4.69) is 62.1 Å². The number of hydrogen-bond acceptors (Lipinski definition) is 7. The lowest BCUT2D eigenvalue weighted by atomic mass is 10.0. The molecule has 0 bridgehead atoms. The summed E-state index contributed by atoms with van der Waals surface area (Å²) in [4.78, 5) is 11.1. The van der Waals surface area contributed by atoms with Gasteiger partial charge < -0.3 is 20.1 Å². The third-order valence-electron chi connectivity index (χ3n) is 6.93. The number of thioether (sulfide) groups is 1. The van der Waals surface area contributed by atoms with Gasteiger partial charge in [-0.25, -0.2) is 14.7 Å². The molecule has 5 rings (SSSR count). The molecule has 1 aliphatic heterocycles. The maximum absolute atomic E-state index is 12.4. The highest BCUT2D eigenvalue weighted by molar-refractivity contribution is 8.14. The Kier molecular flexibility index (Phi) is 9.60. The summed E-state index contributed by atoms with van der Waals surface area (Å²) in [6.45, 7) is 7.03. The maximum Gasteiger partial charge on any atom is 0.573 e. The second-order valence-corrected chi connectivity index (χ2v) is 11.4. The Balaban J connectivity index is 1.22. The highest BCUT2D eigenvalue weighted by Crippen LogP contribution is 2.31. The van der Waals surface area contributed by atoms with E-state index < -0.39 is 12.7 Å². The summed E-state index contributed by atoms with van der Waals surface area (Å²) in [5, 5.41) is 18.9. The Hall–Kier alpha value is -4.29. The predicted octanol–water partition coefficient (Wildman–Crippen LogP) is 6.93. The maximum atomic E-state index is 12.4. The summed E-state index contributed by atoms with van der Waals surface area (Å²) in [6, 6.07) is 19.5. The molecule has 0 spiro atoms. The second-order valence-electron chi connectivity index (χ2n) is 10.3. The van der Waals surface area contributed by atoms with Crippen LogP contribution in [0.25, 0.3) is 22.6 Å². The highest BCUT2D eigenvalue weighted by atomic mass is 32.2. The number of nitrogens with zero attached hydrogens (tertiary/aromatic N) is 5. The molecule has 0 radical (unpaired) electrons. The van der Waals surface area contributed by atoms with Crippen molar-refractivity contribution < 1.29 is 23.0 Å². The number of aliphatic imine (C=N–C) groups is 1. The minimum Gasteiger partial charge on any atom is -0.406 e. The van der Waals surface area contributed by atoms with Crippen molar-refractivity contribution in [2.75, 3.05) is 17.2 Å². The number of rotatable bonds is 10. The SMILES string of the molecule is CCCc1ccc(C)cc1N1CCS/C1=N\C(O)N/C=C(\C)c1ccc(-c2ncn(-c3ccc(OC(F)(F)F)cc3)n2)cc1. The molecule has 44 heavy (non-hydrogen) atoms. The zero-order chi connectivity index (χ0) is 31.3. The fourth-order valence-electron chi connectivity index (χ4n) is 4.77. The molecule has 0 amide bonds. The first-order valence-corrected chi connectivity index (χ1v) is 15.2.